The molecule has 3 aliphatic rings. The molecule has 6 nitrogen and oxygen atoms in total. The monoisotopic (exact) mass is 351 g/mol. The standard InChI is InChI=1S/C20H21N3O3/c1-13-19(15-6-8-23(13)9-7-15)22-20(24)16-2-4-17(5-3-16)26-18-10-14(11-21)12-25-18/h2-5,10,12-13,15,19H,6-9H2,1H3,(H,22,24)/t13-,19-/m0/s1. The fourth-order valence-electron chi connectivity index (χ4n) is 4.00. The second-order valence-corrected chi connectivity index (χ2v) is 7.01. The van der Waals surface area contributed by atoms with Gasteiger partial charge in [0.05, 0.1) is 5.56 Å². The number of rotatable bonds is 4. The molecule has 26 heavy (non-hydrogen) atoms. The van der Waals surface area contributed by atoms with Crippen LogP contribution in [0, 0.1) is 17.2 Å². The van der Waals surface area contributed by atoms with E-state index in [0.717, 1.165) is 25.9 Å². The van der Waals surface area contributed by atoms with Gasteiger partial charge >= 0.3 is 0 Å². The van der Waals surface area contributed by atoms with Crippen molar-refractivity contribution in [3.05, 3.63) is 47.7 Å². The van der Waals surface area contributed by atoms with Crippen molar-refractivity contribution in [3.8, 4) is 17.8 Å². The Morgan fingerprint density at radius 3 is 2.65 bits per heavy atom. The Kier molecular flexibility index (Phi) is 4.39. The molecule has 0 aliphatic carbocycles. The third kappa shape index (κ3) is 3.18. The Balaban J connectivity index is 1.40. The average molecular weight is 351 g/mol. The van der Waals surface area contributed by atoms with E-state index in [0.29, 0.717) is 28.8 Å². The van der Waals surface area contributed by atoms with E-state index >= 15 is 0 Å². The maximum absolute atomic E-state index is 12.6. The first kappa shape index (κ1) is 16.7. The average Bonchev–Trinajstić information content (AvgIpc) is 3.13. The zero-order valence-electron chi connectivity index (χ0n) is 14.6. The Morgan fingerprint density at radius 2 is 2.04 bits per heavy atom. The fourth-order valence-corrected chi connectivity index (χ4v) is 4.00. The van der Waals surface area contributed by atoms with Gasteiger partial charge in [-0.25, -0.2) is 0 Å². The number of hydrogen-bond acceptors (Lipinski definition) is 5. The van der Waals surface area contributed by atoms with E-state index in [1.807, 2.05) is 6.07 Å². The number of benzene rings is 1. The smallest absolute Gasteiger partial charge is 0.291 e. The highest BCUT2D eigenvalue weighted by atomic mass is 16.6. The lowest BCUT2D eigenvalue weighted by Gasteiger charge is -2.49. The van der Waals surface area contributed by atoms with E-state index in [1.54, 1.807) is 24.3 Å². The van der Waals surface area contributed by atoms with Crippen LogP contribution in [0.5, 0.6) is 11.7 Å². The number of nitrogens with one attached hydrogen (secondary N) is 1. The van der Waals surface area contributed by atoms with Crippen molar-refractivity contribution in [3.63, 3.8) is 0 Å². The minimum atomic E-state index is -0.0492. The summed E-state index contributed by atoms with van der Waals surface area (Å²) in [5.41, 5.74) is 1.01. The van der Waals surface area contributed by atoms with Crippen LogP contribution in [-0.4, -0.2) is 36.0 Å². The van der Waals surface area contributed by atoms with Crippen LogP contribution in [0.2, 0.25) is 0 Å². The summed E-state index contributed by atoms with van der Waals surface area (Å²) in [7, 11) is 0. The van der Waals surface area contributed by atoms with E-state index < -0.39 is 0 Å². The zero-order chi connectivity index (χ0) is 18.1. The quantitative estimate of drug-likeness (QED) is 0.915. The Morgan fingerprint density at radius 1 is 1.31 bits per heavy atom. The molecule has 0 unspecified atom stereocenters. The highest BCUT2D eigenvalue weighted by molar-refractivity contribution is 5.94. The number of carbonyl (C=O) groups excluding carboxylic acids is 1. The molecule has 4 heterocycles. The summed E-state index contributed by atoms with van der Waals surface area (Å²) in [5, 5.41) is 12.0. The summed E-state index contributed by atoms with van der Waals surface area (Å²) in [6.45, 7) is 4.49. The van der Waals surface area contributed by atoms with E-state index in [9.17, 15) is 4.79 Å². The molecular formula is C20H21N3O3. The Bertz CT molecular complexity index is 827. The van der Waals surface area contributed by atoms with Crippen molar-refractivity contribution in [2.24, 2.45) is 5.92 Å². The molecule has 3 saturated heterocycles. The van der Waals surface area contributed by atoms with Crippen molar-refractivity contribution in [2.45, 2.75) is 31.8 Å². The number of furan rings is 1. The number of amides is 1. The van der Waals surface area contributed by atoms with Crippen LogP contribution < -0.4 is 10.1 Å². The number of carbonyl (C=O) groups is 1. The van der Waals surface area contributed by atoms with Crippen LogP contribution in [0.25, 0.3) is 0 Å². The molecule has 3 fully saturated rings. The van der Waals surface area contributed by atoms with Crippen LogP contribution in [0.1, 0.15) is 35.7 Å². The number of nitriles is 1. The van der Waals surface area contributed by atoms with E-state index in [-0.39, 0.29) is 17.9 Å². The van der Waals surface area contributed by atoms with Crippen molar-refractivity contribution in [1.82, 2.24) is 10.2 Å². The topological polar surface area (TPSA) is 78.5 Å². The Hall–Kier alpha value is -2.78. The first-order valence-corrected chi connectivity index (χ1v) is 8.95. The predicted octanol–water partition coefficient (Wildman–Crippen LogP) is 3.16. The van der Waals surface area contributed by atoms with Gasteiger partial charge in [-0.15, -0.1) is 0 Å². The first-order valence-electron chi connectivity index (χ1n) is 8.95. The van der Waals surface area contributed by atoms with Crippen LogP contribution >= 0.6 is 0 Å². The van der Waals surface area contributed by atoms with Crippen LogP contribution in [0.3, 0.4) is 0 Å². The summed E-state index contributed by atoms with van der Waals surface area (Å²) >= 11 is 0. The first-order chi connectivity index (χ1) is 12.6. The number of piperidine rings is 3. The minimum absolute atomic E-state index is 0.0492. The predicted molar refractivity (Wildman–Crippen MR) is 95.0 cm³/mol. The SMILES string of the molecule is C[C@H]1[C@H](NC(=O)c2ccc(Oc3cc(C#N)co3)cc2)C2CCN1CC2. The van der Waals surface area contributed by atoms with Crippen LogP contribution in [-0.2, 0) is 0 Å². The molecule has 1 aromatic heterocycles. The second-order valence-electron chi connectivity index (χ2n) is 7.01. The molecule has 6 heteroatoms. The summed E-state index contributed by atoms with van der Waals surface area (Å²) in [5.74, 6) is 1.33. The maximum atomic E-state index is 12.6. The molecule has 1 amide bonds. The van der Waals surface area contributed by atoms with Gasteiger partial charge in [0.25, 0.3) is 11.9 Å². The molecule has 0 radical (unpaired) electrons. The van der Waals surface area contributed by atoms with Gasteiger partial charge in [0.1, 0.15) is 18.1 Å². The van der Waals surface area contributed by atoms with Gasteiger partial charge in [0.15, 0.2) is 0 Å². The highest BCUT2D eigenvalue weighted by Gasteiger charge is 2.40. The highest BCUT2D eigenvalue weighted by Crippen LogP contribution is 2.32. The van der Waals surface area contributed by atoms with Crippen LogP contribution in [0.15, 0.2) is 41.0 Å². The van der Waals surface area contributed by atoms with E-state index in [1.165, 1.54) is 12.3 Å². The lowest BCUT2D eigenvalue weighted by molar-refractivity contribution is 0.0217. The lowest BCUT2D eigenvalue weighted by atomic mass is 9.79. The van der Waals surface area contributed by atoms with Crippen molar-refractivity contribution in [2.75, 3.05) is 13.1 Å². The fraction of sp³-hybridized carbons (Fsp3) is 0.400. The van der Waals surface area contributed by atoms with Crippen molar-refractivity contribution in [1.29, 1.82) is 5.26 Å². The van der Waals surface area contributed by atoms with Crippen molar-refractivity contribution >= 4 is 5.91 Å². The van der Waals surface area contributed by atoms with Gasteiger partial charge in [0.2, 0.25) is 0 Å². The molecule has 3 aliphatic heterocycles. The summed E-state index contributed by atoms with van der Waals surface area (Å²) in [4.78, 5) is 15.1. The minimum Gasteiger partial charge on any atom is -0.433 e. The van der Waals surface area contributed by atoms with Gasteiger partial charge in [-0.3, -0.25) is 9.69 Å². The molecule has 2 atom stereocenters. The largest absolute Gasteiger partial charge is 0.433 e. The maximum Gasteiger partial charge on any atom is 0.291 e. The molecule has 5 rings (SSSR count). The van der Waals surface area contributed by atoms with Gasteiger partial charge in [-0.2, -0.15) is 5.26 Å². The van der Waals surface area contributed by atoms with Gasteiger partial charge in [0, 0.05) is 23.7 Å². The Labute approximate surface area is 152 Å². The number of nitrogens with zero attached hydrogens (tertiary/aromatic N) is 2. The molecule has 134 valence electrons. The third-order valence-electron chi connectivity index (χ3n) is 5.51. The van der Waals surface area contributed by atoms with Crippen LogP contribution in [0.4, 0.5) is 0 Å². The molecule has 0 saturated carbocycles. The van der Waals surface area contributed by atoms with Gasteiger partial charge in [-0.1, -0.05) is 0 Å². The van der Waals surface area contributed by atoms with Gasteiger partial charge < -0.3 is 14.5 Å². The number of ether oxygens (including phenoxy) is 1. The van der Waals surface area contributed by atoms with Gasteiger partial charge in [-0.05, 0) is 63.0 Å². The summed E-state index contributed by atoms with van der Waals surface area (Å²) in [6, 6.07) is 11.0. The molecule has 1 aromatic carbocycles. The lowest BCUT2D eigenvalue weighted by Crippen LogP contribution is -2.62. The number of fused-ring (bicyclic) bond motifs is 3. The molecule has 2 bridgehead atoms. The molecule has 1 N–H and O–H groups in total. The van der Waals surface area contributed by atoms with E-state index in [4.69, 9.17) is 14.4 Å². The zero-order valence-corrected chi connectivity index (χ0v) is 14.6. The summed E-state index contributed by atoms with van der Waals surface area (Å²) in [6.07, 6.45) is 3.66. The molecule has 0 spiro atoms. The number of hydrogen-bond donors (Lipinski definition) is 1. The second kappa shape index (κ2) is 6.85. The molecule has 2 aromatic rings. The molecular weight excluding hydrogens is 330 g/mol. The third-order valence-corrected chi connectivity index (χ3v) is 5.51. The van der Waals surface area contributed by atoms with E-state index in [2.05, 4.69) is 17.1 Å². The summed E-state index contributed by atoms with van der Waals surface area (Å²) < 4.78 is 10.7. The normalized spacial score (nSPS) is 26.9. The van der Waals surface area contributed by atoms with Crippen molar-refractivity contribution < 1.29 is 13.9 Å².